The van der Waals surface area contributed by atoms with E-state index in [4.69, 9.17) is 4.74 Å². The molecule has 0 amide bonds. The lowest BCUT2D eigenvalue weighted by Crippen LogP contribution is -2.25. The molecule has 0 spiro atoms. The summed E-state index contributed by atoms with van der Waals surface area (Å²) < 4.78 is 5.89. The van der Waals surface area contributed by atoms with Gasteiger partial charge in [0.25, 0.3) is 0 Å². The van der Waals surface area contributed by atoms with Gasteiger partial charge in [-0.3, -0.25) is 0 Å². The first-order chi connectivity index (χ1) is 12.1. The molecule has 4 heteroatoms. The van der Waals surface area contributed by atoms with E-state index in [1.165, 1.54) is 0 Å². The van der Waals surface area contributed by atoms with Crippen molar-refractivity contribution >= 4 is 0 Å². The molecule has 4 rings (SSSR count). The van der Waals surface area contributed by atoms with Crippen LogP contribution < -0.4 is 4.74 Å². The summed E-state index contributed by atoms with van der Waals surface area (Å²) in [7, 11) is 0. The molecule has 0 bridgehead atoms. The lowest BCUT2D eigenvalue weighted by molar-refractivity contribution is 0.246. The molecule has 126 valence electrons. The van der Waals surface area contributed by atoms with E-state index in [-0.39, 0.29) is 29.1 Å². The number of rotatable bonds is 2. The van der Waals surface area contributed by atoms with Crippen LogP contribution in [0.1, 0.15) is 28.5 Å². The Morgan fingerprint density at radius 3 is 2.24 bits per heavy atom. The van der Waals surface area contributed by atoms with Gasteiger partial charge in [0.2, 0.25) is 0 Å². The molecule has 2 unspecified atom stereocenters. The van der Waals surface area contributed by atoms with Gasteiger partial charge in [-0.2, -0.15) is 0 Å². The minimum absolute atomic E-state index is 0.0223. The Balaban J connectivity index is 1.88. The first-order valence-electron chi connectivity index (χ1n) is 8.16. The molecule has 1 aliphatic heterocycles. The fourth-order valence-electron chi connectivity index (χ4n) is 3.54. The molecule has 0 fully saturated rings. The molecule has 0 aromatic heterocycles. The van der Waals surface area contributed by atoms with E-state index >= 15 is 0 Å². The molecule has 1 aliphatic rings. The average Bonchev–Trinajstić information content (AvgIpc) is 2.62. The van der Waals surface area contributed by atoms with Crippen molar-refractivity contribution in [1.82, 2.24) is 0 Å². The maximum Gasteiger partial charge on any atom is 0.126 e. The van der Waals surface area contributed by atoms with E-state index < -0.39 is 0 Å². The molecular weight excluding hydrogens is 316 g/mol. The van der Waals surface area contributed by atoms with Crippen molar-refractivity contribution in [2.24, 2.45) is 0 Å². The van der Waals surface area contributed by atoms with Gasteiger partial charge in [0.15, 0.2) is 0 Å². The van der Waals surface area contributed by atoms with Crippen LogP contribution in [0.4, 0.5) is 0 Å². The van der Waals surface area contributed by atoms with E-state index in [1.807, 2.05) is 30.3 Å². The quantitative estimate of drug-likeness (QED) is 0.659. The van der Waals surface area contributed by atoms with Gasteiger partial charge in [0.1, 0.15) is 23.0 Å². The second kappa shape index (κ2) is 6.06. The van der Waals surface area contributed by atoms with Gasteiger partial charge >= 0.3 is 0 Å². The largest absolute Gasteiger partial charge is 0.508 e. The summed E-state index contributed by atoms with van der Waals surface area (Å²) in [5, 5.41) is 29.7. The fourth-order valence-corrected chi connectivity index (χ4v) is 3.54. The SMILES string of the molecule is Oc1ccc(C2COc3cc(O)ccc3C2c2ccccc2O)cc1. The third-order valence-electron chi connectivity index (χ3n) is 4.75. The van der Waals surface area contributed by atoms with Crippen LogP contribution in [-0.4, -0.2) is 21.9 Å². The topological polar surface area (TPSA) is 69.9 Å². The number of fused-ring (bicyclic) bond motifs is 1. The van der Waals surface area contributed by atoms with Gasteiger partial charge in [0, 0.05) is 29.0 Å². The summed E-state index contributed by atoms with van der Waals surface area (Å²) in [6.07, 6.45) is 0. The first kappa shape index (κ1) is 15.4. The summed E-state index contributed by atoms with van der Waals surface area (Å²) in [5.74, 6) is 1.09. The van der Waals surface area contributed by atoms with Crippen molar-refractivity contribution in [3.8, 4) is 23.0 Å². The summed E-state index contributed by atoms with van der Waals surface area (Å²) in [6, 6.07) is 19.4. The standard InChI is InChI=1S/C21H18O4/c22-14-7-5-13(6-8-14)18-12-25-20-11-15(23)9-10-17(20)21(18)16-3-1-2-4-19(16)24/h1-11,18,21-24H,12H2. The lowest BCUT2D eigenvalue weighted by Gasteiger charge is -2.34. The van der Waals surface area contributed by atoms with Crippen LogP contribution in [0.25, 0.3) is 0 Å². The monoisotopic (exact) mass is 334 g/mol. The molecule has 0 saturated carbocycles. The molecule has 3 aromatic carbocycles. The van der Waals surface area contributed by atoms with Gasteiger partial charge in [-0.1, -0.05) is 36.4 Å². The van der Waals surface area contributed by atoms with E-state index in [9.17, 15) is 15.3 Å². The Morgan fingerprint density at radius 1 is 0.760 bits per heavy atom. The summed E-state index contributed by atoms with van der Waals surface area (Å²) >= 11 is 0. The van der Waals surface area contributed by atoms with Crippen LogP contribution in [-0.2, 0) is 0 Å². The Bertz CT molecular complexity index is 902. The van der Waals surface area contributed by atoms with Gasteiger partial charge in [-0.15, -0.1) is 0 Å². The zero-order valence-corrected chi connectivity index (χ0v) is 13.5. The highest BCUT2D eigenvalue weighted by Gasteiger charge is 2.34. The molecule has 2 atom stereocenters. The second-order valence-electron chi connectivity index (χ2n) is 6.27. The first-order valence-corrected chi connectivity index (χ1v) is 8.16. The second-order valence-corrected chi connectivity index (χ2v) is 6.27. The highest BCUT2D eigenvalue weighted by atomic mass is 16.5. The maximum atomic E-state index is 10.4. The minimum atomic E-state index is -0.116. The molecule has 3 N–H and O–H groups in total. The summed E-state index contributed by atoms with van der Waals surface area (Å²) in [5.41, 5.74) is 2.75. The van der Waals surface area contributed by atoms with Crippen molar-refractivity contribution in [3.05, 3.63) is 83.4 Å². The molecule has 1 heterocycles. The van der Waals surface area contributed by atoms with Crippen LogP contribution in [0.2, 0.25) is 0 Å². The zero-order chi connectivity index (χ0) is 17.4. The molecule has 3 aromatic rings. The number of ether oxygens (including phenoxy) is 1. The number of phenols is 3. The van der Waals surface area contributed by atoms with Crippen molar-refractivity contribution in [2.75, 3.05) is 6.61 Å². The predicted octanol–water partition coefficient (Wildman–Crippen LogP) is 4.11. The highest BCUT2D eigenvalue weighted by molar-refractivity contribution is 5.53. The smallest absolute Gasteiger partial charge is 0.126 e. The summed E-state index contributed by atoms with van der Waals surface area (Å²) in [4.78, 5) is 0. The van der Waals surface area contributed by atoms with Gasteiger partial charge < -0.3 is 20.1 Å². The van der Waals surface area contributed by atoms with E-state index in [2.05, 4.69) is 0 Å². The third kappa shape index (κ3) is 2.76. The Morgan fingerprint density at radius 2 is 1.48 bits per heavy atom. The number of phenolic OH excluding ortho intramolecular Hbond substituents is 3. The van der Waals surface area contributed by atoms with E-state index in [1.54, 1.807) is 36.4 Å². The molecule has 0 radical (unpaired) electrons. The normalized spacial score (nSPS) is 19.0. The van der Waals surface area contributed by atoms with Gasteiger partial charge in [-0.05, 0) is 29.8 Å². The number of benzene rings is 3. The van der Waals surface area contributed by atoms with Gasteiger partial charge in [-0.25, -0.2) is 0 Å². The van der Waals surface area contributed by atoms with Crippen molar-refractivity contribution in [1.29, 1.82) is 0 Å². The number of para-hydroxylation sites is 1. The lowest BCUT2D eigenvalue weighted by atomic mass is 9.75. The molecule has 0 aliphatic carbocycles. The summed E-state index contributed by atoms with van der Waals surface area (Å²) in [6.45, 7) is 0.417. The van der Waals surface area contributed by atoms with Gasteiger partial charge in [0.05, 0.1) is 6.61 Å². The third-order valence-corrected chi connectivity index (χ3v) is 4.75. The van der Waals surface area contributed by atoms with Crippen molar-refractivity contribution in [3.63, 3.8) is 0 Å². The number of hydrogen-bond donors (Lipinski definition) is 3. The van der Waals surface area contributed by atoms with Crippen LogP contribution >= 0.6 is 0 Å². The average molecular weight is 334 g/mol. The Hall–Kier alpha value is -3.14. The van der Waals surface area contributed by atoms with E-state index in [0.717, 1.165) is 16.7 Å². The zero-order valence-electron chi connectivity index (χ0n) is 13.5. The molecule has 0 saturated heterocycles. The highest BCUT2D eigenvalue weighted by Crippen LogP contribution is 2.48. The predicted molar refractivity (Wildman–Crippen MR) is 94.4 cm³/mol. The number of aromatic hydroxyl groups is 3. The Labute approximate surface area is 145 Å². The Kier molecular flexibility index (Phi) is 3.73. The van der Waals surface area contributed by atoms with Crippen molar-refractivity contribution in [2.45, 2.75) is 11.8 Å². The van der Waals surface area contributed by atoms with Crippen LogP contribution in [0.3, 0.4) is 0 Å². The minimum Gasteiger partial charge on any atom is -0.508 e. The van der Waals surface area contributed by atoms with E-state index in [0.29, 0.717) is 12.4 Å². The molecular formula is C21H18O4. The van der Waals surface area contributed by atoms with Crippen LogP contribution in [0.5, 0.6) is 23.0 Å². The van der Waals surface area contributed by atoms with Crippen LogP contribution in [0.15, 0.2) is 66.7 Å². The molecule has 25 heavy (non-hydrogen) atoms. The molecule has 4 nitrogen and oxygen atoms in total. The van der Waals surface area contributed by atoms with Crippen molar-refractivity contribution < 1.29 is 20.1 Å². The fraction of sp³-hybridized carbons (Fsp3) is 0.143. The van der Waals surface area contributed by atoms with Crippen LogP contribution in [0, 0.1) is 0 Å². The number of hydrogen-bond acceptors (Lipinski definition) is 4. The maximum absolute atomic E-state index is 10.4.